The zero-order valence-corrected chi connectivity index (χ0v) is 15.0. The summed E-state index contributed by atoms with van der Waals surface area (Å²) in [5, 5.41) is 4.42. The Hall–Kier alpha value is -2.76. The van der Waals surface area contributed by atoms with Gasteiger partial charge in [0, 0.05) is 17.5 Å². The first-order valence-corrected chi connectivity index (χ1v) is 8.04. The van der Waals surface area contributed by atoms with Gasteiger partial charge in [0.25, 0.3) is 0 Å². The molecule has 0 aliphatic heterocycles. The average Bonchev–Trinajstić information content (AvgIpc) is 2.52. The summed E-state index contributed by atoms with van der Waals surface area (Å²) in [6.45, 7) is 5.27. The molecule has 0 radical (unpaired) electrons. The minimum atomic E-state index is -0.855. The molecular weight excluding hydrogens is 320 g/mol. The van der Waals surface area contributed by atoms with Crippen LogP contribution in [0, 0.1) is 0 Å². The molecule has 1 amide bonds. The lowest BCUT2D eigenvalue weighted by Gasteiger charge is -2.23. The van der Waals surface area contributed by atoms with Crippen LogP contribution in [0.2, 0.25) is 0 Å². The van der Waals surface area contributed by atoms with E-state index in [2.05, 4.69) is 5.32 Å². The molecule has 2 aromatic carbocycles. The highest BCUT2D eigenvalue weighted by atomic mass is 16.6. The molecular formula is C19H24N2O4. The Morgan fingerprint density at radius 1 is 1.12 bits per heavy atom. The maximum Gasteiger partial charge on any atom is 0.408 e. The highest BCUT2D eigenvalue weighted by Gasteiger charge is 2.25. The lowest BCUT2D eigenvalue weighted by Crippen LogP contribution is -2.45. The Morgan fingerprint density at radius 3 is 2.40 bits per heavy atom. The minimum absolute atomic E-state index is 0.271. The number of nitrogens with two attached hydrogens (primary N) is 1. The number of rotatable bonds is 4. The summed E-state index contributed by atoms with van der Waals surface area (Å²) in [5.74, 6) is -0.535. The molecule has 25 heavy (non-hydrogen) atoms. The van der Waals surface area contributed by atoms with Gasteiger partial charge in [0.1, 0.15) is 11.6 Å². The van der Waals surface area contributed by atoms with Crippen LogP contribution in [0.3, 0.4) is 0 Å². The van der Waals surface area contributed by atoms with E-state index in [9.17, 15) is 9.59 Å². The normalized spacial score (nSPS) is 12.5. The molecule has 0 bridgehead atoms. The number of amides is 1. The molecule has 0 fully saturated rings. The summed E-state index contributed by atoms with van der Waals surface area (Å²) in [4.78, 5) is 24.1. The van der Waals surface area contributed by atoms with Gasteiger partial charge >= 0.3 is 12.1 Å². The third-order valence-corrected chi connectivity index (χ3v) is 3.65. The number of carbonyl (C=O) groups is 2. The number of hydrogen-bond donors (Lipinski definition) is 2. The van der Waals surface area contributed by atoms with E-state index in [-0.39, 0.29) is 6.42 Å². The fourth-order valence-electron chi connectivity index (χ4n) is 2.58. The number of nitrogens with one attached hydrogen (secondary N) is 1. The van der Waals surface area contributed by atoms with Crippen LogP contribution in [-0.4, -0.2) is 30.8 Å². The van der Waals surface area contributed by atoms with Crippen LogP contribution in [0.1, 0.15) is 26.3 Å². The van der Waals surface area contributed by atoms with Crippen LogP contribution in [0.25, 0.3) is 10.8 Å². The smallest absolute Gasteiger partial charge is 0.408 e. The number of methoxy groups -OCH3 is 1. The molecule has 2 aromatic rings. The molecule has 6 heteroatoms. The molecule has 1 atom stereocenters. The van der Waals surface area contributed by atoms with Crippen LogP contribution in [-0.2, 0) is 20.7 Å². The Morgan fingerprint density at radius 2 is 1.76 bits per heavy atom. The number of esters is 1. The summed E-state index contributed by atoms with van der Waals surface area (Å²) < 4.78 is 10.0. The number of hydrogen-bond acceptors (Lipinski definition) is 5. The molecule has 0 spiro atoms. The molecule has 0 saturated heterocycles. The van der Waals surface area contributed by atoms with E-state index in [4.69, 9.17) is 15.2 Å². The quantitative estimate of drug-likeness (QED) is 0.657. The second-order valence-electron chi connectivity index (χ2n) is 6.79. The highest BCUT2D eigenvalue weighted by Crippen LogP contribution is 2.25. The van der Waals surface area contributed by atoms with E-state index in [1.807, 2.05) is 36.4 Å². The molecule has 3 N–H and O–H groups in total. The number of fused-ring (bicyclic) bond motifs is 1. The van der Waals surface area contributed by atoms with Crippen molar-refractivity contribution < 1.29 is 19.1 Å². The van der Waals surface area contributed by atoms with E-state index >= 15 is 0 Å². The maximum atomic E-state index is 12.1. The van der Waals surface area contributed by atoms with Crippen LogP contribution in [0.4, 0.5) is 10.5 Å². The third kappa shape index (κ3) is 4.86. The van der Waals surface area contributed by atoms with Crippen molar-refractivity contribution in [3.8, 4) is 0 Å². The molecule has 0 aromatic heterocycles. The van der Waals surface area contributed by atoms with Crippen molar-refractivity contribution in [3.63, 3.8) is 0 Å². The summed E-state index contributed by atoms with van der Waals surface area (Å²) in [7, 11) is 1.28. The second kappa shape index (κ2) is 7.42. The van der Waals surface area contributed by atoms with E-state index in [0.717, 1.165) is 16.3 Å². The van der Waals surface area contributed by atoms with Crippen LogP contribution < -0.4 is 11.1 Å². The van der Waals surface area contributed by atoms with Gasteiger partial charge in [-0.2, -0.15) is 0 Å². The number of nitrogen functional groups attached to an aromatic ring is 1. The van der Waals surface area contributed by atoms with Gasteiger partial charge in [0.15, 0.2) is 0 Å². The van der Waals surface area contributed by atoms with Crippen molar-refractivity contribution in [2.75, 3.05) is 12.8 Å². The lowest BCUT2D eigenvalue weighted by atomic mass is 9.98. The second-order valence-corrected chi connectivity index (χ2v) is 6.79. The van der Waals surface area contributed by atoms with E-state index < -0.39 is 23.7 Å². The summed E-state index contributed by atoms with van der Waals surface area (Å²) in [5.41, 5.74) is 6.90. The predicted molar refractivity (Wildman–Crippen MR) is 97.2 cm³/mol. The number of alkyl carbamates (subject to hydrolysis) is 1. The van der Waals surface area contributed by atoms with E-state index in [0.29, 0.717) is 5.69 Å². The van der Waals surface area contributed by atoms with Crippen molar-refractivity contribution >= 4 is 28.5 Å². The first kappa shape index (κ1) is 18.6. The van der Waals surface area contributed by atoms with Gasteiger partial charge in [-0.1, -0.05) is 30.3 Å². The zero-order valence-electron chi connectivity index (χ0n) is 15.0. The first-order chi connectivity index (χ1) is 11.7. The molecule has 2 rings (SSSR count). The van der Waals surface area contributed by atoms with Gasteiger partial charge < -0.3 is 20.5 Å². The fourth-order valence-corrected chi connectivity index (χ4v) is 2.58. The number of ether oxygens (including phenoxy) is 2. The predicted octanol–water partition coefficient (Wildman–Crippen LogP) is 3.03. The summed E-state index contributed by atoms with van der Waals surface area (Å²) >= 11 is 0. The van der Waals surface area contributed by atoms with E-state index in [1.165, 1.54) is 7.11 Å². The van der Waals surface area contributed by atoms with Gasteiger partial charge in [0.2, 0.25) is 0 Å². The highest BCUT2D eigenvalue weighted by molar-refractivity contribution is 5.95. The largest absolute Gasteiger partial charge is 0.467 e. The standard InChI is InChI=1S/C19H24N2O4/c1-19(2,3)25-18(23)21-16(17(22)24-4)11-12-7-5-9-14-13(12)8-6-10-15(14)20/h5-10,16H,11,20H2,1-4H3,(H,21,23)/t16-/m0/s1. The number of carbonyl (C=O) groups excluding carboxylic acids is 2. The van der Waals surface area contributed by atoms with Gasteiger partial charge in [-0.25, -0.2) is 9.59 Å². The average molecular weight is 344 g/mol. The SMILES string of the molecule is COC(=O)[C@H](Cc1cccc2c(N)cccc12)NC(=O)OC(C)(C)C. The van der Waals surface area contributed by atoms with Gasteiger partial charge in [-0.3, -0.25) is 0 Å². The topological polar surface area (TPSA) is 90.6 Å². The van der Waals surface area contributed by atoms with Crippen LogP contribution in [0.15, 0.2) is 36.4 Å². The molecule has 0 unspecified atom stereocenters. The molecule has 0 saturated carbocycles. The Kier molecular flexibility index (Phi) is 5.51. The van der Waals surface area contributed by atoms with Gasteiger partial charge in [-0.15, -0.1) is 0 Å². The monoisotopic (exact) mass is 344 g/mol. The van der Waals surface area contributed by atoms with Crippen molar-refractivity contribution in [2.24, 2.45) is 0 Å². The maximum absolute atomic E-state index is 12.1. The molecule has 0 aliphatic rings. The summed E-state index contributed by atoms with van der Waals surface area (Å²) in [6.07, 6.45) is -0.394. The Bertz CT molecular complexity index is 781. The number of benzene rings is 2. The summed E-state index contributed by atoms with van der Waals surface area (Å²) in [6, 6.07) is 10.4. The fraction of sp³-hybridized carbons (Fsp3) is 0.368. The van der Waals surface area contributed by atoms with Gasteiger partial charge in [-0.05, 0) is 37.8 Å². The van der Waals surface area contributed by atoms with E-state index in [1.54, 1.807) is 20.8 Å². The lowest BCUT2D eigenvalue weighted by molar-refractivity contribution is -0.143. The molecule has 0 heterocycles. The van der Waals surface area contributed by atoms with Crippen molar-refractivity contribution in [3.05, 3.63) is 42.0 Å². The first-order valence-electron chi connectivity index (χ1n) is 8.04. The van der Waals surface area contributed by atoms with Crippen LogP contribution in [0.5, 0.6) is 0 Å². The van der Waals surface area contributed by atoms with Crippen molar-refractivity contribution in [2.45, 2.75) is 38.8 Å². The molecule has 134 valence electrons. The molecule has 6 nitrogen and oxygen atoms in total. The van der Waals surface area contributed by atoms with Crippen LogP contribution >= 0.6 is 0 Å². The van der Waals surface area contributed by atoms with Crippen molar-refractivity contribution in [1.82, 2.24) is 5.32 Å². The van der Waals surface area contributed by atoms with Gasteiger partial charge in [0.05, 0.1) is 7.11 Å². The number of anilines is 1. The van der Waals surface area contributed by atoms with Crippen molar-refractivity contribution in [1.29, 1.82) is 0 Å². The zero-order chi connectivity index (χ0) is 18.6. The Labute approximate surface area is 147 Å². The Balaban J connectivity index is 2.28. The molecule has 0 aliphatic carbocycles. The minimum Gasteiger partial charge on any atom is -0.467 e. The third-order valence-electron chi connectivity index (χ3n) is 3.65.